The van der Waals surface area contributed by atoms with Gasteiger partial charge in [-0.15, -0.1) is 0 Å². The zero-order valence-corrected chi connectivity index (χ0v) is 27.1. The normalized spacial score (nSPS) is 19.6. The monoisotopic (exact) mass is 628 g/mol. The Morgan fingerprint density at radius 2 is 2.04 bits per heavy atom. The lowest BCUT2D eigenvalue weighted by Gasteiger charge is -2.41. The van der Waals surface area contributed by atoms with Crippen molar-refractivity contribution in [2.24, 2.45) is 5.92 Å². The molecule has 6 rings (SSSR count). The highest BCUT2D eigenvalue weighted by atomic mass is 35.5. The molecule has 11 heteroatoms. The maximum atomic E-state index is 12.6. The van der Waals surface area contributed by atoms with Crippen LogP contribution in [0.1, 0.15) is 37.9 Å². The van der Waals surface area contributed by atoms with Crippen molar-refractivity contribution < 1.29 is 9.53 Å². The Labute approximate surface area is 270 Å². The van der Waals surface area contributed by atoms with Crippen molar-refractivity contribution in [2.45, 2.75) is 57.8 Å². The van der Waals surface area contributed by atoms with E-state index in [9.17, 15) is 4.79 Å². The molecule has 10 nitrogen and oxygen atoms in total. The highest BCUT2D eigenvalue weighted by molar-refractivity contribution is 6.36. The SMILES string of the molecule is [C-]#[N+]C[C@H]1CN(c2nc(OC[C@H](C)N(C)[C@@H](C)C3CC3)nc3c2CCN(c2cncc4cccc(Cl)c24)C3)CCN1C(=O)C=C. The number of halogens is 1. The Balaban J connectivity index is 1.31. The summed E-state index contributed by atoms with van der Waals surface area (Å²) in [4.78, 5) is 39.3. The molecule has 0 spiro atoms. The van der Waals surface area contributed by atoms with E-state index in [4.69, 9.17) is 32.9 Å². The minimum absolute atomic E-state index is 0.145. The molecule has 3 atom stereocenters. The number of nitrogens with zero attached hydrogens (tertiary/aromatic N) is 8. The first kappa shape index (κ1) is 31.1. The highest BCUT2D eigenvalue weighted by Crippen LogP contribution is 2.37. The van der Waals surface area contributed by atoms with E-state index in [2.05, 4.69) is 52.0 Å². The number of fused-ring (bicyclic) bond motifs is 2. The van der Waals surface area contributed by atoms with E-state index in [0.717, 1.165) is 52.4 Å². The summed E-state index contributed by atoms with van der Waals surface area (Å²) in [7, 11) is 2.17. The Kier molecular flexibility index (Phi) is 9.11. The number of likely N-dealkylation sites (N-methyl/N-ethyl adjacent to an activating group) is 1. The van der Waals surface area contributed by atoms with Crippen molar-refractivity contribution in [3.63, 3.8) is 0 Å². The van der Waals surface area contributed by atoms with Crippen LogP contribution in [0.5, 0.6) is 6.01 Å². The number of piperazine rings is 1. The minimum Gasteiger partial charge on any atom is -0.462 e. The first-order valence-corrected chi connectivity index (χ1v) is 16.2. The lowest BCUT2D eigenvalue weighted by atomic mass is 10.0. The van der Waals surface area contributed by atoms with Crippen molar-refractivity contribution in [1.82, 2.24) is 24.8 Å². The van der Waals surface area contributed by atoms with Crippen LogP contribution in [0.25, 0.3) is 15.6 Å². The van der Waals surface area contributed by atoms with Gasteiger partial charge in [0, 0.05) is 60.8 Å². The molecule has 45 heavy (non-hydrogen) atoms. The summed E-state index contributed by atoms with van der Waals surface area (Å²) in [6, 6.07) is 6.69. The summed E-state index contributed by atoms with van der Waals surface area (Å²) < 4.78 is 6.35. The summed E-state index contributed by atoms with van der Waals surface area (Å²) in [5, 5.41) is 2.67. The Hall–Kier alpha value is -3.94. The fourth-order valence-electron chi connectivity index (χ4n) is 6.67. The predicted molar refractivity (Wildman–Crippen MR) is 178 cm³/mol. The average Bonchev–Trinajstić information content (AvgIpc) is 3.91. The van der Waals surface area contributed by atoms with Crippen molar-refractivity contribution in [3.8, 4) is 6.01 Å². The van der Waals surface area contributed by atoms with Crippen molar-refractivity contribution in [2.75, 3.05) is 56.2 Å². The highest BCUT2D eigenvalue weighted by Gasteiger charge is 2.35. The van der Waals surface area contributed by atoms with E-state index in [1.165, 1.54) is 18.9 Å². The van der Waals surface area contributed by atoms with E-state index >= 15 is 0 Å². The molecule has 3 aliphatic rings. The van der Waals surface area contributed by atoms with Gasteiger partial charge in [-0.25, -0.2) is 6.57 Å². The number of hydrogen-bond donors (Lipinski definition) is 0. The molecular formula is C34H41ClN8O2. The van der Waals surface area contributed by atoms with Gasteiger partial charge in [-0.05, 0) is 58.2 Å². The number of rotatable bonds is 10. The molecule has 0 bridgehead atoms. The number of hydrogen-bond acceptors (Lipinski definition) is 8. The molecule has 1 saturated heterocycles. The van der Waals surface area contributed by atoms with Gasteiger partial charge in [-0.2, -0.15) is 9.97 Å². The van der Waals surface area contributed by atoms with Crippen LogP contribution in [-0.2, 0) is 17.8 Å². The molecule has 0 unspecified atom stereocenters. The summed E-state index contributed by atoms with van der Waals surface area (Å²) >= 11 is 6.69. The smallest absolute Gasteiger partial charge is 0.318 e. The van der Waals surface area contributed by atoms with Gasteiger partial charge in [-0.3, -0.25) is 14.7 Å². The number of aromatic nitrogens is 3. The van der Waals surface area contributed by atoms with E-state index in [1.54, 1.807) is 4.90 Å². The van der Waals surface area contributed by atoms with Crippen LogP contribution in [0.15, 0.2) is 43.2 Å². The van der Waals surface area contributed by atoms with Crippen LogP contribution < -0.4 is 14.5 Å². The molecule has 1 saturated carbocycles. The fourth-order valence-corrected chi connectivity index (χ4v) is 6.95. The number of carbonyl (C=O) groups excluding carboxylic acids is 1. The van der Waals surface area contributed by atoms with Gasteiger partial charge < -0.3 is 24.3 Å². The lowest BCUT2D eigenvalue weighted by molar-refractivity contribution is -0.128. The maximum Gasteiger partial charge on any atom is 0.318 e. The third-order valence-corrected chi connectivity index (χ3v) is 10.0. The molecule has 2 aliphatic heterocycles. The molecule has 2 aromatic heterocycles. The zero-order valence-electron chi connectivity index (χ0n) is 26.3. The van der Waals surface area contributed by atoms with Crippen LogP contribution in [0.4, 0.5) is 11.5 Å². The van der Waals surface area contributed by atoms with Gasteiger partial charge in [0.2, 0.25) is 12.5 Å². The molecule has 0 N–H and O–H groups in total. The zero-order chi connectivity index (χ0) is 31.7. The quantitative estimate of drug-likeness (QED) is 0.233. The largest absolute Gasteiger partial charge is 0.462 e. The van der Waals surface area contributed by atoms with Crippen molar-refractivity contribution >= 4 is 39.8 Å². The Morgan fingerprint density at radius 1 is 1.22 bits per heavy atom. The number of pyridine rings is 1. The number of amides is 1. The topological polar surface area (TPSA) is 82.3 Å². The van der Waals surface area contributed by atoms with Crippen molar-refractivity contribution in [3.05, 3.63) is 70.9 Å². The first-order chi connectivity index (χ1) is 21.8. The van der Waals surface area contributed by atoms with E-state index in [0.29, 0.717) is 49.9 Å². The van der Waals surface area contributed by atoms with Crippen LogP contribution >= 0.6 is 11.6 Å². The molecule has 1 aromatic carbocycles. The number of anilines is 2. The third-order valence-electron chi connectivity index (χ3n) is 9.71. The van der Waals surface area contributed by atoms with Crippen LogP contribution in [0.2, 0.25) is 5.02 Å². The van der Waals surface area contributed by atoms with E-state index in [-0.39, 0.29) is 24.5 Å². The molecule has 2 fully saturated rings. The van der Waals surface area contributed by atoms with Crippen LogP contribution in [0, 0.1) is 12.5 Å². The molecular weight excluding hydrogens is 588 g/mol. The summed E-state index contributed by atoms with van der Waals surface area (Å²) in [6.45, 7) is 19.3. The van der Waals surface area contributed by atoms with Gasteiger partial charge in [0.15, 0.2) is 0 Å². The molecule has 0 radical (unpaired) electrons. The summed E-state index contributed by atoms with van der Waals surface area (Å²) in [6.07, 6.45) is 8.36. The Bertz CT molecular complexity index is 1620. The maximum absolute atomic E-state index is 12.6. The minimum atomic E-state index is -0.252. The first-order valence-electron chi connectivity index (χ1n) is 15.8. The summed E-state index contributed by atoms with van der Waals surface area (Å²) in [5.41, 5.74) is 2.96. The number of ether oxygens (including phenoxy) is 1. The second-order valence-corrected chi connectivity index (χ2v) is 12.9. The molecule has 4 heterocycles. The van der Waals surface area contributed by atoms with E-state index < -0.39 is 0 Å². The lowest BCUT2D eigenvalue weighted by Crippen LogP contribution is -2.56. The molecule has 236 valence electrons. The van der Waals surface area contributed by atoms with Crippen LogP contribution in [0.3, 0.4) is 0 Å². The Morgan fingerprint density at radius 3 is 2.80 bits per heavy atom. The fraction of sp³-hybridized carbons (Fsp3) is 0.500. The molecule has 1 aliphatic carbocycles. The number of benzene rings is 1. The third kappa shape index (κ3) is 6.42. The second kappa shape index (κ2) is 13.2. The van der Waals surface area contributed by atoms with Gasteiger partial charge in [0.25, 0.3) is 0 Å². The second-order valence-electron chi connectivity index (χ2n) is 12.5. The molecule has 1 amide bonds. The summed E-state index contributed by atoms with van der Waals surface area (Å²) in [5.74, 6) is 1.45. The van der Waals surface area contributed by atoms with Gasteiger partial charge >= 0.3 is 6.01 Å². The predicted octanol–water partition coefficient (Wildman–Crippen LogP) is 4.86. The molecule has 3 aromatic rings. The van der Waals surface area contributed by atoms with Gasteiger partial charge in [-0.1, -0.05) is 30.3 Å². The van der Waals surface area contributed by atoms with Crippen molar-refractivity contribution in [1.29, 1.82) is 0 Å². The standard InChI is InChI=1S/C34H41ClN8O2/c1-6-31(44)43-15-14-42(19-26(43)17-36-4)33-27-12-13-41(30-18-37-16-25-8-7-9-28(35)32(25)30)20-29(27)38-34(39-33)45-21-22(2)40(5)23(3)24-10-11-24/h6-9,16,18,22-24,26H,1,10-15,17,19-21H2,2-3,5H3/t22-,23-,26-/m0/s1. The average molecular weight is 629 g/mol. The van der Waals surface area contributed by atoms with Crippen LogP contribution in [-0.4, -0.2) is 95.2 Å². The number of carbonyl (C=O) groups is 1. The van der Waals surface area contributed by atoms with Gasteiger partial charge in [0.05, 0.1) is 29.1 Å². The van der Waals surface area contributed by atoms with Gasteiger partial charge in [0.1, 0.15) is 18.5 Å². The van der Waals surface area contributed by atoms with E-state index in [1.807, 2.05) is 30.6 Å².